The van der Waals surface area contributed by atoms with Gasteiger partial charge in [0.15, 0.2) is 0 Å². The minimum absolute atomic E-state index is 0.270. The lowest BCUT2D eigenvalue weighted by atomic mass is 10.1. The van der Waals surface area contributed by atoms with Gasteiger partial charge in [0.1, 0.15) is 6.29 Å². The van der Waals surface area contributed by atoms with E-state index in [-0.39, 0.29) is 13.1 Å². The second kappa shape index (κ2) is 9.44. The van der Waals surface area contributed by atoms with Crippen molar-refractivity contribution in [1.82, 2.24) is 4.90 Å². The number of carbonyl (C=O) groups excluding carboxylic acids is 1. The van der Waals surface area contributed by atoms with Crippen LogP contribution >= 0.6 is 23.2 Å². The Bertz CT molecular complexity index is 729. The predicted molar refractivity (Wildman–Crippen MR) is 99.4 cm³/mol. The maximum atomic E-state index is 11.6. The molecule has 0 aliphatic rings. The minimum Gasteiger partial charge on any atom is -0.465 e. The zero-order chi connectivity index (χ0) is 18.2. The summed E-state index contributed by atoms with van der Waals surface area (Å²) < 4.78 is 0. The molecule has 0 aliphatic carbocycles. The van der Waals surface area contributed by atoms with Crippen molar-refractivity contribution in [3.63, 3.8) is 0 Å². The Labute approximate surface area is 157 Å². The van der Waals surface area contributed by atoms with Gasteiger partial charge in [0, 0.05) is 29.6 Å². The molecule has 0 heterocycles. The molecule has 0 radical (unpaired) electrons. The van der Waals surface area contributed by atoms with Crippen LogP contribution < -0.4 is 0 Å². The summed E-state index contributed by atoms with van der Waals surface area (Å²) in [5.41, 5.74) is 2.65. The van der Waals surface area contributed by atoms with Gasteiger partial charge in [-0.3, -0.25) is 0 Å². The Morgan fingerprint density at radius 1 is 1.04 bits per heavy atom. The molecule has 132 valence electrons. The van der Waals surface area contributed by atoms with E-state index >= 15 is 0 Å². The fourth-order valence-corrected chi connectivity index (χ4v) is 3.18. The minimum atomic E-state index is -0.999. The van der Waals surface area contributed by atoms with E-state index in [2.05, 4.69) is 0 Å². The quantitative estimate of drug-likeness (QED) is 0.667. The van der Waals surface area contributed by atoms with Gasteiger partial charge in [0.2, 0.25) is 0 Å². The number of nitrogens with zero attached hydrogens (tertiary/aromatic N) is 1. The van der Waals surface area contributed by atoms with E-state index in [9.17, 15) is 14.7 Å². The van der Waals surface area contributed by atoms with Crippen molar-refractivity contribution < 1.29 is 14.7 Å². The Hall–Kier alpha value is -2.04. The van der Waals surface area contributed by atoms with Gasteiger partial charge < -0.3 is 14.8 Å². The van der Waals surface area contributed by atoms with Crippen LogP contribution in [0.5, 0.6) is 0 Å². The maximum absolute atomic E-state index is 11.6. The van der Waals surface area contributed by atoms with Crippen molar-refractivity contribution in [3.05, 3.63) is 69.2 Å². The number of aldehydes is 1. The number of benzene rings is 2. The third kappa shape index (κ3) is 5.76. The molecule has 0 fully saturated rings. The Morgan fingerprint density at radius 2 is 1.68 bits per heavy atom. The largest absolute Gasteiger partial charge is 0.465 e. The third-order valence-corrected chi connectivity index (χ3v) is 4.59. The number of hydrogen-bond acceptors (Lipinski definition) is 2. The number of hydrogen-bond donors (Lipinski definition) is 1. The van der Waals surface area contributed by atoms with Gasteiger partial charge in [-0.1, -0.05) is 53.5 Å². The summed E-state index contributed by atoms with van der Waals surface area (Å²) in [6.07, 6.45) is 1.43. The van der Waals surface area contributed by atoms with E-state index in [0.717, 1.165) is 23.0 Å². The number of carbonyl (C=O) groups is 2. The van der Waals surface area contributed by atoms with Gasteiger partial charge in [0.25, 0.3) is 0 Å². The molecule has 0 spiro atoms. The molecule has 0 bridgehead atoms. The lowest BCUT2D eigenvalue weighted by Gasteiger charge is -2.20. The summed E-state index contributed by atoms with van der Waals surface area (Å²) in [6, 6.07) is 12.9. The van der Waals surface area contributed by atoms with Crippen LogP contribution in [0.1, 0.15) is 23.1 Å². The highest BCUT2D eigenvalue weighted by molar-refractivity contribution is 6.35. The van der Waals surface area contributed by atoms with Crippen molar-refractivity contribution in [2.24, 2.45) is 0 Å². The number of aryl methyl sites for hydroxylation is 1. The number of amides is 1. The van der Waals surface area contributed by atoms with Crippen LogP contribution in [0.2, 0.25) is 10.0 Å². The first-order valence-electron chi connectivity index (χ1n) is 7.93. The summed E-state index contributed by atoms with van der Waals surface area (Å²) in [5.74, 6) is 0. The Balaban J connectivity index is 2.06. The maximum Gasteiger partial charge on any atom is 0.407 e. The molecule has 2 aromatic rings. The van der Waals surface area contributed by atoms with Crippen molar-refractivity contribution in [1.29, 1.82) is 0 Å². The third-order valence-electron chi connectivity index (χ3n) is 3.88. The summed E-state index contributed by atoms with van der Waals surface area (Å²) in [6.45, 7) is 0.559. The lowest BCUT2D eigenvalue weighted by Crippen LogP contribution is -2.31. The standard InChI is InChI=1S/C19H19Cl2NO3/c20-17-7-2-8-18(21)16(17)9-10-22(19(24)25)13-15-5-1-4-14(12-15)6-3-11-23/h1-2,4-5,7-8,11-12H,3,6,9-10,13H2,(H,24,25). The van der Waals surface area contributed by atoms with Crippen LogP contribution in [0.15, 0.2) is 42.5 Å². The predicted octanol–water partition coefficient (Wildman–Crippen LogP) is 4.85. The number of carboxylic acid groups (broad SMARTS) is 1. The van der Waals surface area contributed by atoms with Crippen molar-refractivity contribution in [2.45, 2.75) is 25.8 Å². The summed E-state index contributed by atoms with van der Waals surface area (Å²) in [4.78, 5) is 23.4. The van der Waals surface area contributed by atoms with Gasteiger partial charge in [-0.2, -0.15) is 0 Å². The van der Waals surface area contributed by atoms with Gasteiger partial charge in [0.05, 0.1) is 0 Å². The molecular formula is C19H19Cl2NO3. The monoisotopic (exact) mass is 379 g/mol. The molecular weight excluding hydrogens is 361 g/mol. The first-order valence-corrected chi connectivity index (χ1v) is 8.69. The molecule has 0 saturated heterocycles. The van der Waals surface area contributed by atoms with Crippen LogP contribution in [0.3, 0.4) is 0 Å². The molecule has 0 unspecified atom stereocenters. The Kier molecular flexibility index (Phi) is 7.29. The van der Waals surface area contributed by atoms with Crippen molar-refractivity contribution >= 4 is 35.6 Å². The van der Waals surface area contributed by atoms with Crippen LogP contribution in [-0.4, -0.2) is 28.9 Å². The van der Waals surface area contributed by atoms with Crippen molar-refractivity contribution in [3.8, 4) is 0 Å². The van der Waals surface area contributed by atoms with Crippen LogP contribution in [-0.2, 0) is 24.2 Å². The van der Waals surface area contributed by atoms with Gasteiger partial charge >= 0.3 is 6.09 Å². The fraction of sp³-hybridized carbons (Fsp3) is 0.263. The zero-order valence-electron chi connectivity index (χ0n) is 13.6. The molecule has 25 heavy (non-hydrogen) atoms. The van der Waals surface area contributed by atoms with E-state index in [0.29, 0.717) is 29.3 Å². The van der Waals surface area contributed by atoms with Gasteiger partial charge in [-0.15, -0.1) is 0 Å². The lowest BCUT2D eigenvalue weighted by molar-refractivity contribution is -0.107. The van der Waals surface area contributed by atoms with E-state index < -0.39 is 6.09 Å². The van der Waals surface area contributed by atoms with Crippen LogP contribution in [0.4, 0.5) is 4.79 Å². The Morgan fingerprint density at radius 3 is 2.32 bits per heavy atom. The number of rotatable bonds is 8. The highest BCUT2D eigenvalue weighted by atomic mass is 35.5. The van der Waals surface area contributed by atoms with E-state index in [1.807, 2.05) is 24.3 Å². The molecule has 0 aromatic heterocycles. The molecule has 6 heteroatoms. The molecule has 2 rings (SSSR count). The molecule has 1 amide bonds. The van der Waals surface area contributed by atoms with Crippen LogP contribution in [0, 0.1) is 0 Å². The molecule has 0 aliphatic heterocycles. The smallest absolute Gasteiger partial charge is 0.407 e. The van der Waals surface area contributed by atoms with E-state index in [1.54, 1.807) is 18.2 Å². The first kappa shape index (κ1) is 19.3. The summed E-state index contributed by atoms with van der Waals surface area (Å²) in [7, 11) is 0. The number of halogens is 2. The van der Waals surface area contributed by atoms with Crippen LogP contribution in [0.25, 0.3) is 0 Å². The highest BCUT2D eigenvalue weighted by Crippen LogP contribution is 2.25. The summed E-state index contributed by atoms with van der Waals surface area (Å²) in [5, 5.41) is 10.5. The summed E-state index contributed by atoms with van der Waals surface area (Å²) >= 11 is 12.3. The SMILES string of the molecule is O=CCCc1cccc(CN(CCc2c(Cl)cccc2Cl)C(=O)O)c1. The second-order valence-corrected chi connectivity index (χ2v) is 6.49. The van der Waals surface area contributed by atoms with Gasteiger partial charge in [-0.25, -0.2) is 4.79 Å². The average Bonchev–Trinajstić information content (AvgIpc) is 2.58. The van der Waals surface area contributed by atoms with E-state index in [1.165, 1.54) is 4.90 Å². The average molecular weight is 380 g/mol. The normalized spacial score (nSPS) is 10.5. The molecule has 1 N–H and O–H groups in total. The topological polar surface area (TPSA) is 57.6 Å². The molecule has 0 atom stereocenters. The molecule has 2 aromatic carbocycles. The van der Waals surface area contributed by atoms with Crippen molar-refractivity contribution in [2.75, 3.05) is 6.54 Å². The fourth-order valence-electron chi connectivity index (χ4n) is 2.59. The van der Waals surface area contributed by atoms with E-state index in [4.69, 9.17) is 23.2 Å². The van der Waals surface area contributed by atoms with Gasteiger partial charge in [-0.05, 0) is 41.7 Å². The second-order valence-electron chi connectivity index (χ2n) is 5.68. The zero-order valence-corrected chi connectivity index (χ0v) is 15.1. The first-order chi connectivity index (χ1) is 12.0. The highest BCUT2D eigenvalue weighted by Gasteiger charge is 2.14. The molecule has 0 saturated carbocycles. The molecule has 4 nitrogen and oxygen atoms in total.